The molecule has 2 aromatic rings. The summed E-state index contributed by atoms with van der Waals surface area (Å²) in [5, 5.41) is 13.2. The molecular formula is C13H12F4N2O. The van der Waals surface area contributed by atoms with Crippen LogP contribution in [0.5, 0.6) is 0 Å². The smallest absolute Gasteiger partial charge is 0.389 e. The summed E-state index contributed by atoms with van der Waals surface area (Å²) in [5.74, 6) is -0.534. The number of benzene rings is 1. The topological polar surface area (TPSA) is 38.0 Å². The number of hydrogen-bond acceptors (Lipinski definition) is 2. The quantitative estimate of drug-likeness (QED) is 0.860. The van der Waals surface area contributed by atoms with E-state index in [1.807, 2.05) is 0 Å². The van der Waals surface area contributed by atoms with Crippen LogP contribution >= 0.6 is 0 Å². The number of aliphatic hydroxyl groups excluding tert-OH is 1. The van der Waals surface area contributed by atoms with E-state index in [9.17, 15) is 22.7 Å². The van der Waals surface area contributed by atoms with Crippen LogP contribution in [-0.4, -0.2) is 14.9 Å². The van der Waals surface area contributed by atoms with Gasteiger partial charge in [-0.2, -0.15) is 18.3 Å². The summed E-state index contributed by atoms with van der Waals surface area (Å²) in [5.41, 5.74) is -0.260. The van der Waals surface area contributed by atoms with Crippen LogP contribution in [0.4, 0.5) is 17.6 Å². The Morgan fingerprint density at radius 1 is 1.30 bits per heavy atom. The van der Waals surface area contributed by atoms with E-state index in [-0.39, 0.29) is 16.8 Å². The second kappa shape index (κ2) is 4.90. The predicted molar refractivity (Wildman–Crippen MR) is 63.9 cm³/mol. The zero-order valence-corrected chi connectivity index (χ0v) is 10.7. The van der Waals surface area contributed by atoms with Gasteiger partial charge in [-0.3, -0.25) is 0 Å². The van der Waals surface area contributed by atoms with Gasteiger partial charge in [-0.1, -0.05) is 0 Å². The predicted octanol–water partition coefficient (Wildman–Crippen LogP) is 3.39. The maximum atomic E-state index is 13.5. The van der Waals surface area contributed by atoms with Gasteiger partial charge in [0.25, 0.3) is 0 Å². The molecule has 0 fully saturated rings. The van der Waals surface area contributed by atoms with Crippen LogP contribution in [-0.2, 0) is 6.18 Å². The minimum absolute atomic E-state index is 0.171. The van der Waals surface area contributed by atoms with E-state index in [0.29, 0.717) is 6.20 Å². The molecule has 0 bridgehead atoms. The molecular weight excluding hydrogens is 276 g/mol. The molecule has 1 aromatic heterocycles. The first-order valence-corrected chi connectivity index (χ1v) is 5.80. The summed E-state index contributed by atoms with van der Waals surface area (Å²) >= 11 is 0. The summed E-state index contributed by atoms with van der Waals surface area (Å²) in [4.78, 5) is 0. The van der Waals surface area contributed by atoms with Crippen molar-refractivity contribution >= 4 is 0 Å². The fourth-order valence-electron chi connectivity index (χ4n) is 1.82. The number of aryl methyl sites for hydroxylation is 1. The fraction of sp³-hybridized carbons (Fsp3) is 0.308. The van der Waals surface area contributed by atoms with E-state index < -0.39 is 23.7 Å². The molecule has 108 valence electrons. The average molecular weight is 288 g/mol. The lowest BCUT2D eigenvalue weighted by atomic mass is 10.0. The number of aliphatic hydroxyl groups is 1. The number of aromatic nitrogens is 2. The number of halogens is 4. The highest BCUT2D eigenvalue weighted by atomic mass is 19.4. The summed E-state index contributed by atoms with van der Waals surface area (Å²) in [6, 6.07) is 2.45. The van der Waals surface area contributed by atoms with E-state index in [0.717, 1.165) is 16.9 Å². The molecule has 20 heavy (non-hydrogen) atoms. The third-order valence-electron chi connectivity index (χ3n) is 2.91. The lowest BCUT2D eigenvalue weighted by molar-refractivity contribution is -0.137. The lowest BCUT2D eigenvalue weighted by Crippen LogP contribution is -2.06. The monoisotopic (exact) mass is 288 g/mol. The summed E-state index contributed by atoms with van der Waals surface area (Å²) in [6.07, 6.45) is -4.04. The fourth-order valence-corrected chi connectivity index (χ4v) is 1.82. The van der Waals surface area contributed by atoms with Crippen molar-refractivity contribution in [3.8, 4) is 5.69 Å². The molecule has 0 unspecified atom stereocenters. The van der Waals surface area contributed by atoms with E-state index in [2.05, 4.69) is 5.10 Å². The van der Waals surface area contributed by atoms with Crippen molar-refractivity contribution in [2.75, 3.05) is 0 Å². The Hall–Kier alpha value is -1.89. The molecule has 0 aliphatic rings. The first kappa shape index (κ1) is 14.5. The normalized spacial score (nSPS) is 13.6. The Morgan fingerprint density at radius 2 is 1.95 bits per heavy atom. The van der Waals surface area contributed by atoms with E-state index in [1.165, 1.54) is 19.9 Å². The van der Waals surface area contributed by atoms with Gasteiger partial charge in [-0.15, -0.1) is 0 Å². The molecule has 0 amide bonds. The van der Waals surface area contributed by atoms with Crippen molar-refractivity contribution in [2.24, 2.45) is 0 Å². The third-order valence-corrected chi connectivity index (χ3v) is 2.91. The van der Waals surface area contributed by atoms with Crippen molar-refractivity contribution in [3.05, 3.63) is 47.0 Å². The summed E-state index contributed by atoms with van der Waals surface area (Å²) in [7, 11) is 0. The molecule has 1 heterocycles. The Morgan fingerprint density at radius 3 is 2.45 bits per heavy atom. The molecule has 0 radical (unpaired) electrons. The summed E-state index contributed by atoms with van der Waals surface area (Å²) in [6.45, 7) is 2.89. The summed E-state index contributed by atoms with van der Waals surface area (Å²) < 4.78 is 52.2. The van der Waals surface area contributed by atoms with E-state index in [1.54, 1.807) is 0 Å². The van der Waals surface area contributed by atoms with E-state index >= 15 is 0 Å². The van der Waals surface area contributed by atoms with Crippen LogP contribution in [0.15, 0.2) is 24.5 Å². The first-order valence-electron chi connectivity index (χ1n) is 5.80. The highest BCUT2D eigenvalue weighted by Gasteiger charge is 2.32. The largest absolute Gasteiger partial charge is 0.419 e. The standard InChI is InChI=1S/C13H12F4N2O/c1-7-3-12(10(8(2)20)4-11(7)14)19-6-9(5-18-19)13(15,16)17/h3-6,8,20H,1-2H3/t8-/m1/s1. The Labute approximate surface area is 112 Å². The van der Waals surface area contributed by atoms with Gasteiger partial charge in [0.05, 0.1) is 23.6 Å². The van der Waals surface area contributed by atoms with Gasteiger partial charge < -0.3 is 5.11 Å². The second-order valence-corrected chi connectivity index (χ2v) is 4.51. The van der Waals surface area contributed by atoms with Crippen LogP contribution in [0, 0.1) is 12.7 Å². The zero-order valence-electron chi connectivity index (χ0n) is 10.7. The molecule has 0 saturated carbocycles. The number of hydrogen-bond donors (Lipinski definition) is 1. The Balaban J connectivity index is 2.57. The van der Waals surface area contributed by atoms with Crippen LogP contribution in [0.3, 0.4) is 0 Å². The molecule has 0 saturated heterocycles. The van der Waals surface area contributed by atoms with Gasteiger partial charge in [0.1, 0.15) is 5.82 Å². The SMILES string of the molecule is Cc1cc(-n2cc(C(F)(F)F)cn2)c([C@@H](C)O)cc1F. The van der Waals surface area contributed by atoms with Crippen molar-refractivity contribution < 1.29 is 22.7 Å². The van der Waals surface area contributed by atoms with Gasteiger partial charge in [-0.05, 0) is 31.5 Å². The molecule has 0 aliphatic carbocycles. The lowest BCUT2D eigenvalue weighted by Gasteiger charge is -2.13. The molecule has 1 aromatic carbocycles. The average Bonchev–Trinajstić information content (AvgIpc) is 2.80. The van der Waals surface area contributed by atoms with Crippen LogP contribution in [0.2, 0.25) is 0 Å². The minimum Gasteiger partial charge on any atom is -0.389 e. The van der Waals surface area contributed by atoms with Crippen molar-refractivity contribution in [2.45, 2.75) is 26.1 Å². The van der Waals surface area contributed by atoms with Gasteiger partial charge in [0.15, 0.2) is 0 Å². The first-order chi connectivity index (χ1) is 9.20. The third kappa shape index (κ3) is 2.67. The molecule has 2 rings (SSSR count). The molecule has 1 atom stereocenters. The van der Waals surface area contributed by atoms with Crippen molar-refractivity contribution in [1.29, 1.82) is 0 Å². The van der Waals surface area contributed by atoms with Gasteiger partial charge in [0.2, 0.25) is 0 Å². The Kier molecular flexibility index (Phi) is 3.56. The minimum atomic E-state index is -4.50. The van der Waals surface area contributed by atoms with Gasteiger partial charge in [-0.25, -0.2) is 9.07 Å². The number of alkyl halides is 3. The van der Waals surface area contributed by atoms with Crippen LogP contribution < -0.4 is 0 Å². The van der Waals surface area contributed by atoms with Crippen molar-refractivity contribution in [1.82, 2.24) is 9.78 Å². The number of nitrogens with zero attached hydrogens (tertiary/aromatic N) is 2. The van der Waals surface area contributed by atoms with Gasteiger partial charge >= 0.3 is 6.18 Å². The Bertz CT molecular complexity index is 632. The maximum Gasteiger partial charge on any atom is 0.419 e. The molecule has 0 aliphatic heterocycles. The van der Waals surface area contributed by atoms with E-state index in [4.69, 9.17) is 0 Å². The van der Waals surface area contributed by atoms with Crippen LogP contribution in [0.1, 0.15) is 29.7 Å². The van der Waals surface area contributed by atoms with Crippen LogP contribution in [0.25, 0.3) is 5.69 Å². The number of rotatable bonds is 2. The molecule has 1 N–H and O–H groups in total. The van der Waals surface area contributed by atoms with Gasteiger partial charge in [0, 0.05) is 11.8 Å². The highest BCUT2D eigenvalue weighted by molar-refractivity contribution is 5.45. The molecule has 3 nitrogen and oxygen atoms in total. The second-order valence-electron chi connectivity index (χ2n) is 4.51. The zero-order chi connectivity index (χ0) is 15.1. The maximum absolute atomic E-state index is 13.5. The molecule has 7 heteroatoms. The highest BCUT2D eigenvalue weighted by Crippen LogP contribution is 2.31. The molecule has 0 spiro atoms. The van der Waals surface area contributed by atoms with Crippen molar-refractivity contribution in [3.63, 3.8) is 0 Å².